The number of nitrogens with one attached hydrogen (secondary N) is 2. The number of carbonyl (C=O) groups is 3. The van der Waals surface area contributed by atoms with E-state index in [0.29, 0.717) is 11.4 Å². The second-order valence-electron chi connectivity index (χ2n) is 5.36. The Labute approximate surface area is 149 Å². The summed E-state index contributed by atoms with van der Waals surface area (Å²) in [4.78, 5) is 35.2. The SMILES string of the molecule is CC[C@H](OC(=O)c1ccc(NC(N)=O)cc1)C(=O)Nc1ccc(F)cc1. The molecule has 0 unspecified atom stereocenters. The van der Waals surface area contributed by atoms with Crippen LogP contribution in [0.4, 0.5) is 20.6 Å². The van der Waals surface area contributed by atoms with Crippen LogP contribution in [0.5, 0.6) is 0 Å². The molecule has 0 radical (unpaired) electrons. The predicted molar refractivity (Wildman–Crippen MR) is 94.2 cm³/mol. The second-order valence-corrected chi connectivity index (χ2v) is 5.36. The van der Waals surface area contributed by atoms with Crippen LogP contribution < -0.4 is 16.4 Å². The van der Waals surface area contributed by atoms with Gasteiger partial charge in [-0.2, -0.15) is 0 Å². The summed E-state index contributed by atoms with van der Waals surface area (Å²) in [5, 5.41) is 4.93. The highest BCUT2D eigenvalue weighted by Gasteiger charge is 2.22. The van der Waals surface area contributed by atoms with Gasteiger partial charge in [0, 0.05) is 11.4 Å². The lowest BCUT2D eigenvalue weighted by atomic mass is 10.2. The highest BCUT2D eigenvalue weighted by molar-refractivity contribution is 5.97. The Morgan fingerprint density at radius 3 is 2.08 bits per heavy atom. The molecule has 0 aliphatic carbocycles. The van der Waals surface area contributed by atoms with E-state index in [4.69, 9.17) is 10.5 Å². The van der Waals surface area contributed by atoms with E-state index in [-0.39, 0.29) is 12.0 Å². The standard InChI is InChI=1S/C18H18FN3O4/c1-2-15(16(23)21-13-9-5-12(19)6-10-13)26-17(24)11-3-7-14(8-4-11)22-18(20)25/h3-10,15H,2H2,1H3,(H,21,23)(H3,20,22,25)/t15-/m0/s1. The molecule has 0 saturated heterocycles. The Morgan fingerprint density at radius 2 is 1.54 bits per heavy atom. The lowest BCUT2D eigenvalue weighted by Gasteiger charge is -2.16. The number of nitrogens with two attached hydrogens (primary N) is 1. The average molecular weight is 359 g/mol. The monoisotopic (exact) mass is 359 g/mol. The number of primary amides is 1. The summed E-state index contributed by atoms with van der Waals surface area (Å²) in [5.41, 5.74) is 6.04. The van der Waals surface area contributed by atoms with Crippen LogP contribution in [0.3, 0.4) is 0 Å². The number of urea groups is 1. The maximum atomic E-state index is 12.9. The molecular weight excluding hydrogens is 341 g/mol. The molecule has 0 aromatic heterocycles. The minimum Gasteiger partial charge on any atom is -0.449 e. The normalized spacial score (nSPS) is 11.3. The van der Waals surface area contributed by atoms with Crippen molar-refractivity contribution in [1.82, 2.24) is 0 Å². The van der Waals surface area contributed by atoms with Crippen molar-refractivity contribution in [2.75, 3.05) is 10.6 Å². The van der Waals surface area contributed by atoms with Crippen molar-refractivity contribution >= 4 is 29.3 Å². The minimum absolute atomic E-state index is 0.216. The van der Waals surface area contributed by atoms with E-state index in [1.54, 1.807) is 6.92 Å². The Balaban J connectivity index is 1.99. The first-order valence-electron chi connectivity index (χ1n) is 7.83. The molecule has 0 saturated carbocycles. The summed E-state index contributed by atoms with van der Waals surface area (Å²) in [6, 6.07) is 10.4. The van der Waals surface area contributed by atoms with Gasteiger partial charge in [0.2, 0.25) is 0 Å². The zero-order valence-electron chi connectivity index (χ0n) is 14.0. The van der Waals surface area contributed by atoms with Crippen LogP contribution in [0.2, 0.25) is 0 Å². The quantitative estimate of drug-likeness (QED) is 0.689. The van der Waals surface area contributed by atoms with Gasteiger partial charge in [0.1, 0.15) is 5.82 Å². The largest absolute Gasteiger partial charge is 0.449 e. The van der Waals surface area contributed by atoms with Gasteiger partial charge in [-0.1, -0.05) is 6.92 Å². The molecule has 0 fully saturated rings. The van der Waals surface area contributed by atoms with E-state index >= 15 is 0 Å². The summed E-state index contributed by atoms with van der Waals surface area (Å²) in [6.07, 6.45) is -0.740. The van der Waals surface area contributed by atoms with Crippen molar-refractivity contribution in [2.24, 2.45) is 5.73 Å². The zero-order valence-corrected chi connectivity index (χ0v) is 14.0. The molecule has 4 N–H and O–H groups in total. The highest BCUT2D eigenvalue weighted by Crippen LogP contribution is 2.14. The molecule has 0 heterocycles. The molecule has 0 bridgehead atoms. The van der Waals surface area contributed by atoms with Crippen LogP contribution in [-0.4, -0.2) is 24.0 Å². The van der Waals surface area contributed by atoms with Crippen LogP contribution in [0, 0.1) is 5.82 Å². The lowest BCUT2D eigenvalue weighted by molar-refractivity contribution is -0.124. The van der Waals surface area contributed by atoms with Crippen LogP contribution in [0.25, 0.3) is 0 Å². The second kappa shape index (κ2) is 8.61. The van der Waals surface area contributed by atoms with Crippen LogP contribution >= 0.6 is 0 Å². The van der Waals surface area contributed by atoms with E-state index in [0.717, 1.165) is 0 Å². The van der Waals surface area contributed by atoms with Crippen molar-refractivity contribution in [3.63, 3.8) is 0 Å². The van der Waals surface area contributed by atoms with E-state index in [1.165, 1.54) is 48.5 Å². The summed E-state index contributed by atoms with van der Waals surface area (Å²) in [6.45, 7) is 1.70. The number of halogens is 1. The molecule has 2 aromatic carbocycles. The highest BCUT2D eigenvalue weighted by atomic mass is 19.1. The maximum Gasteiger partial charge on any atom is 0.338 e. The van der Waals surface area contributed by atoms with Gasteiger partial charge in [-0.15, -0.1) is 0 Å². The number of carbonyl (C=O) groups excluding carboxylic acids is 3. The third-order valence-electron chi connectivity index (χ3n) is 3.41. The summed E-state index contributed by atoms with van der Waals surface area (Å²) < 4.78 is 18.1. The molecule has 0 spiro atoms. The minimum atomic E-state index is -1.00. The van der Waals surface area contributed by atoms with Gasteiger partial charge in [0.15, 0.2) is 6.10 Å². The molecule has 0 aliphatic rings. The number of esters is 1. The van der Waals surface area contributed by atoms with E-state index in [2.05, 4.69) is 10.6 Å². The van der Waals surface area contributed by atoms with Crippen LogP contribution in [0.1, 0.15) is 23.7 Å². The number of anilines is 2. The van der Waals surface area contributed by atoms with E-state index in [1.807, 2.05) is 0 Å². The third-order valence-corrected chi connectivity index (χ3v) is 3.41. The molecular formula is C18H18FN3O4. The summed E-state index contributed by atoms with van der Waals surface area (Å²) in [5.74, 6) is -1.62. The van der Waals surface area contributed by atoms with Gasteiger partial charge in [-0.3, -0.25) is 4.79 Å². The summed E-state index contributed by atoms with van der Waals surface area (Å²) in [7, 11) is 0. The fourth-order valence-electron chi connectivity index (χ4n) is 2.11. The first-order chi connectivity index (χ1) is 12.4. The Morgan fingerprint density at radius 1 is 1.00 bits per heavy atom. The first-order valence-corrected chi connectivity index (χ1v) is 7.83. The fraction of sp³-hybridized carbons (Fsp3) is 0.167. The van der Waals surface area contributed by atoms with Crippen molar-refractivity contribution in [3.8, 4) is 0 Å². The Kier molecular flexibility index (Phi) is 6.26. The molecule has 1 atom stereocenters. The van der Waals surface area contributed by atoms with Gasteiger partial charge in [-0.25, -0.2) is 14.0 Å². The van der Waals surface area contributed by atoms with Crippen molar-refractivity contribution < 1.29 is 23.5 Å². The molecule has 136 valence electrons. The van der Waals surface area contributed by atoms with Gasteiger partial charge in [0.25, 0.3) is 5.91 Å². The molecule has 0 aliphatic heterocycles. The number of benzene rings is 2. The molecule has 7 nitrogen and oxygen atoms in total. The number of amides is 3. The maximum absolute atomic E-state index is 12.9. The first kappa shape index (κ1) is 18.9. The van der Waals surface area contributed by atoms with Crippen LogP contribution in [-0.2, 0) is 9.53 Å². The number of rotatable bonds is 6. The van der Waals surface area contributed by atoms with Crippen molar-refractivity contribution in [1.29, 1.82) is 0 Å². The molecule has 8 heteroatoms. The van der Waals surface area contributed by atoms with Gasteiger partial charge in [0.05, 0.1) is 5.56 Å². The smallest absolute Gasteiger partial charge is 0.338 e. The lowest BCUT2D eigenvalue weighted by Crippen LogP contribution is -2.32. The van der Waals surface area contributed by atoms with Gasteiger partial charge in [-0.05, 0) is 55.0 Å². The molecule has 3 amide bonds. The van der Waals surface area contributed by atoms with E-state index < -0.39 is 29.8 Å². The van der Waals surface area contributed by atoms with Gasteiger partial charge < -0.3 is 21.1 Å². The van der Waals surface area contributed by atoms with Crippen molar-refractivity contribution in [3.05, 3.63) is 59.9 Å². The van der Waals surface area contributed by atoms with Gasteiger partial charge >= 0.3 is 12.0 Å². The third kappa shape index (κ3) is 5.30. The summed E-state index contributed by atoms with van der Waals surface area (Å²) >= 11 is 0. The molecule has 26 heavy (non-hydrogen) atoms. The number of ether oxygens (including phenoxy) is 1. The Bertz CT molecular complexity index is 791. The molecule has 2 aromatic rings. The number of hydrogen-bond donors (Lipinski definition) is 3. The zero-order chi connectivity index (χ0) is 19.1. The van der Waals surface area contributed by atoms with Crippen LogP contribution in [0.15, 0.2) is 48.5 Å². The van der Waals surface area contributed by atoms with Crippen molar-refractivity contribution in [2.45, 2.75) is 19.4 Å². The average Bonchev–Trinajstić information content (AvgIpc) is 2.61. The Hall–Kier alpha value is -3.42. The predicted octanol–water partition coefficient (Wildman–Crippen LogP) is 2.89. The van der Waals surface area contributed by atoms with E-state index in [9.17, 15) is 18.8 Å². The fourth-order valence-corrected chi connectivity index (χ4v) is 2.11. The molecule has 2 rings (SSSR count). The number of hydrogen-bond acceptors (Lipinski definition) is 4. The topological polar surface area (TPSA) is 111 Å².